The molecule has 0 aliphatic carbocycles. The van der Waals surface area contributed by atoms with Gasteiger partial charge in [0.1, 0.15) is 32.0 Å². The van der Waals surface area contributed by atoms with E-state index in [1.165, 1.54) is 13.8 Å². The summed E-state index contributed by atoms with van der Waals surface area (Å²) in [7, 11) is 0. The van der Waals surface area contributed by atoms with Crippen LogP contribution in [-0.4, -0.2) is 34.3 Å². The van der Waals surface area contributed by atoms with Gasteiger partial charge in [-0.3, -0.25) is 37.9 Å². The molecule has 12 heteroatoms. The van der Waals surface area contributed by atoms with Gasteiger partial charge in [0, 0.05) is 13.8 Å². The molecular formula is C20H22N2O8S2. The van der Waals surface area contributed by atoms with Crippen LogP contribution in [-0.2, 0) is 19.1 Å². The van der Waals surface area contributed by atoms with Crippen LogP contribution < -0.4 is 22.2 Å². The molecule has 0 aliphatic heterocycles. The third kappa shape index (κ3) is 4.11. The molecular weight excluding hydrogens is 460 g/mol. The van der Waals surface area contributed by atoms with Crippen LogP contribution in [0.3, 0.4) is 0 Å². The Morgan fingerprint density at radius 2 is 0.969 bits per heavy atom. The highest BCUT2D eigenvalue weighted by atomic mass is 32.1. The summed E-state index contributed by atoms with van der Waals surface area (Å²) in [5, 5.41) is 0. The SMILES string of the molecule is CCC(COC(C)=O)n1c(=O)c2sc3c(=O)n(C(CC)COC(C)=O)c(=O)c3sc2c1=O. The van der Waals surface area contributed by atoms with Crippen LogP contribution in [0.25, 0.3) is 18.8 Å². The molecule has 2 unspecified atom stereocenters. The lowest BCUT2D eigenvalue weighted by Gasteiger charge is -2.14. The summed E-state index contributed by atoms with van der Waals surface area (Å²) in [4.78, 5) is 74.3. The molecule has 0 spiro atoms. The van der Waals surface area contributed by atoms with E-state index in [0.29, 0.717) is 12.8 Å². The first kappa shape index (κ1) is 23.8. The number of rotatable bonds is 8. The molecule has 0 radical (unpaired) electrons. The lowest BCUT2D eigenvalue weighted by atomic mass is 10.2. The van der Waals surface area contributed by atoms with Crippen molar-refractivity contribution in [2.45, 2.75) is 52.6 Å². The molecule has 0 N–H and O–H groups in total. The van der Waals surface area contributed by atoms with E-state index in [-0.39, 0.29) is 32.0 Å². The van der Waals surface area contributed by atoms with Crippen molar-refractivity contribution in [3.8, 4) is 0 Å². The highest BCUT2D eigenvalue weighted by Gasteiger charge is 2.26. The van der Waals surface area contributed by atoms with Gasteiger partial charge in [-0.1, -0.05) is 13.8 Å². The lowest BCUT2D eigenvalue weighted by Crippen LogP contribution is -2.33. The molecule has 32 heavy (non-hydrogen) atoms. The Balaban J connectivity index is 2.20. The van der Waals surface area contributed by atoms with Gasteiger partial charge in [0.25, 0.3) is 22.2 Å². The molecule has 0 bridgehead atoms. The van der Waals surface area contributed by atoms with Crippen molar-refractivity contribution >= 4 is 53.4 Å². The summed E-state index contributed by atoms with van der Waals surface area (Å²) in [5.41, 5.74) is -2.34. The molecule has 0 amide bonds. The van der Waals surface area contributed by atoms with Crippen LogP contribution in [0.2, 0.25) is 0 Å². The third-order valence-corrected chi connectivity index (χ3v) is 7.69. The van der Waals surface area contributed by atoms with Crippen LogP contribution in [0.1, 0.15) is 52.6 Å². The average Bonchev–Trinajstić information content (AvgIpc) is 3.13. The fourth-order valence-corrected chi connectivity index (χ4v) is 5.79. The third-order valence-electron chi connectivity index (χ3n) is 5.10. The molecule has 0 aromatic carbocycles. The second-order valence-corrected chi connectivity index (χ2v) is 9.25. The van der Waals surface area contributed by atoms with Crippen LogP contribution in [0, 0.1) is 0 Å². The van der Waals surface area contributed by atoms with Gasteiger partial charge in [-0.25, -0.2) is 0 Å². The Morgan fingerprint density at radius 3 is 1.19 bits per heavy atom. The number of carbonyl (C=O) groups excluding carboxylic acids is 2. The van der Waals surface area contributed by atoms with Gasteiger partial charge in [0.15, 0.2) is 0 Å². The molecule has 0 fully saturated rings. The zero-order valence-corrected chi connectivity index (χ0v) is 19.6. The van der Waals surface area contributed by atoms with Crippen LogP contribution >= 0.6 is 22.7 Å². The highest BCUT2D eigenvalue weighted by Crippen LogP contribution is 2.27. The van der Waals surface area contributed by atoms with E-state index in [0.717, 1.165) is 31.8 Å². The van der Waals surface area contributed by atoms with Crippen molar-refractivity contribution in [2.24, 2.45) is 0 Å². The Kier molecular flexibility index (Phi) is 6.94. The zero-order valence-electron chi connectivity index (χ0n) is 18.0. The number of carbonyl (C=O) groups is 2. The number of hydrogen-bond acceptors (Lipinski definition) is 10. The summed E-state index contributed by atoms with van der Waals surface area (Å²) in [6.07, 6.45) is 0.738. The van der Waals surface area contributed by atoms with Gasteiger partial charge in [-0.15, -0.1) is 22.7 Å². The maximum atomic E-state index is 13.0. The smallest absolute Gasteiger partial charge is 0.302 e. The Hall–Kier alpha value is -2.86. The number of ether oxygens (including phenoxy) is 2. The van der Waals surface area contributed by atoms with Gasteiger partial charge >= 0.3 is 11.9 Å². The maximum Gasteiger partial charge on any atom is 0.302 e. The summed E-state index contributed by atoms with van der Waals surface area (Å²) in [6.45, 7) is 5.71. The Bertz CT molecular complexity index is 1230. The standard InChI is InChI=1S/C20H22N2O8S2/c1-5-11(7-29-9(3)23)21-17(25)13-14(18(21)26)32-16-15(31-13)19(27)22(20(16)28)12(6-2)8-30-10(4)24/h11-12H,5-8H2,1-4H3. The van der Waals surface area contributed by atoms with E-state index in [1.807, 2.05) is 0 Å². The van der Waals surface area contributed by atoms with Crippen molar-refractivity contribution in [1.82, 2.24) is 9.13 Å². The molecule has 0 saturated carbocycles. The minimum absolute atomic E-state index is 0.0797. The first-order valence-electron chi connectivity index (χ1n) is 9.98. The van der Waals surface area contributed by atoms with E-state index in [2.05, 4.69) is 0 Å². The topological polar surface area (TPSA) is 131 Å². The molecule has 2 atom stereocenters. The van der Waals surface area contributed by atoms with E-state index < -0.39 is 46.3 Å². The molecule has 172 valence electrons. The largest absolute Gasteiger partial charge is 0.464 e. The first-order chi connectivity index (χ1) is 15.1. The van der Waals surface area contributed by atoms with E-state index in [1.54, 1.807) is 13.8 Å². The van der Waals surface area contributed by atoms with Crippen molar-refractivity contribution in [3.63, 3.8) is 0 Å². The van der Waals surface area contributed by atoms with Gasteiger partial charge < -0.3 is 9.47 Å². The van der Waals surface area contributed by atoms with E-state index >= 15 is 0 Å². The molecule has 3 heterocycles. The van der Waals surface area contributed by atoms with Crippen molar-refractivity contribution in [1.29, 1.82) is 0 Å². The molecule has 3 aromatic heterocycles. The quantitative estimate of drug-likeness (QED) is 0.443. The Morgan fingerprint density at radius 1 is 0.688 bits per heavy atom. The van der Waals surface area contributed by atoms with E-state index in [9.17, 15) is 28.8 Å². The number of fused-ring (bicyclic) bond motifs is 2. The molecule has 3 rings (SSSR count). The second-order valence-electron chi connectivity index (χ2n) is 7.21. The fourth-order valence-electron chi connectivity index (χ4n) is 3.41. The minimum atomic E-state index is -0.656. The minimum Gasteiger partial charge on any atom is -0.464 e. The number of hydrogen-bond donors (Lipinski definition) is 0. The van der Waals surface area contributed by atoms with Crippen LogP contribution in [0.15, 0.2) is 19.2 Å². The lowest BCUT2D eigenvalue weighted by molar-refractivity contribution is -0.143. The maximum absolute atomic E-state index is 13.0. The van der Waals surface area contributed by atoms with Crippen molar-refractivity contribution in [3.05, 3.63) is 41.4 Å². The van der Waals surface area contributed by atoms with Gasteiger partial charge in [-0.05, 0) is 12.8 Å². The molecule has 0 saturated heterocycles. The van der Waals surface area contributed by atoms with Crippen molar-refractivity contribution in [2.75, 3.05) is 13.2 Å². The number of nitrogens with zero attached hydrogens (tertiary/aromatic N) is 2. The number of esters is 2. The predicted octanol–water partition coefficient (Wildman–Crippen LogP) is 1.63. The fraction of sp³-hybridized carbons (Fsp3) is 0.500. The summed E-state index contributed by atoms with van der Waals surface area (Å²) < 4.78 is 12.3. The van der Waals surface area contributed by atoms with Gasteiger partial charge in [0.2, 0.25) is 0 Å². The average molecular weight is 483 g/mol. The van der Waals surface area contributed by atoms with Crippen molar-refractivity contribution < 1.29 is 19.1 Å². The summed E-state index contributed by atoms with van der Waals surface area (Å²) >= 11 is 1.61. The first-order valence-corrected chi connectivity index (χ1v) is 11.6. The second kappa shape index (κ2) is 9.33. The van der Waals surface area contributed by atoms with Crippen LogP contribution in [0.5, 0.6) is 0 Å². The molecule has 10 nitrogen and oxygen atoms in total. The van der Waals surface area contributed by atoms with Gasteiger partial charge in [-0.2, -0.15) is 0 Å². The molecule has 3 aromatic rings. The summed E-state index contributed by atoms with van der Waals surface area (Å²) in [5.74, 6) is -1.06. The Labute approximate surface area is 189 Å². The normalized spacial score (nSPS) is 13.4. The van der Waals surface area contributed by atoms with Gasteiger partial charge in [0.05, 0.1) is 12.1 Å². The molecule has 0 aliphatic rings. The zero-order chi connectivity index (χ0) is 23.7. The summed E-state index contributed by atoms with van der Waals surface area (Å²) in [6, 6.07) is -1.31. The highest BCUT2D eigenvalue weighted by molar-refractivity contribution is 7.36. The monoisotopic (exact) mass is 482 g/mol. The predicted molar refractivity (Wildman–Crippen MR) is 121 cm³/mol. The van der Waals surface area contributed by atoms with Crippen LogP contribution in [0.4, 0.5) is 0 Å². The number of aromatic nitrogens is 2. The van der Waals surface area contributed by atoms with E-state index in [4.69, 9.17) is 9.47 Å².